The van der Waals surface area contributed by atoms with Crippen molar-refractivity contribution in [3.05, 3.63) is 108 Å². The third-order valence-electron chi connectivity index (χ3n) is 7.13. The molecule has 0 radical (unpaired) electrons. The molecule has 1 N–H and O–H groups in total. The number of rotatable bonds is 6. The Morgan fingerprint density at radius 3 is 2.33 bits per heavy atom. The molecule has 0 aromatic heterocycles. The number of benzene rings is 4. The largest absolute Gasteiger partial charge is 0.494 e. The molecule has 198 valence electrons. The van der Waals surface area contributed by atoms with Crippen molar-refractivity contribution < 1.29 is 27.4 Å². The van der Waals surface area contributed by atoms with Gasteiger partial charge in [-0.25, -0.2) is 8.42 Å². The molecule has 2 aliphatic heterocycles. The minimum atomic E-state index is -3.98. The number of nitrogens with zero attached hydrogens (tertiary/aromatic N) is 1. The Labute approximate surface area is 226 Å². The molecule has 9 heteroatoms. The molecule has 2 heterocycles. The molecule has 1 amide bonds. The van der Waals surface area contributed by atoms with E-state index in [0.29, 0.717) is 34.2 Å². The Bertz CT molecular complexity index is 1660. The lowest BCUT2D eigenvalue weighted by Crippen LogP contribution is -2.33. The molecule has 0 spiro atoms. The highest BCUT2D eigenvalue weighted by atomic mass is 32.2. The zero-order valence-electron chi connectivity index (χ0n) is 21.3. The van der Waals surface area contributed by atoms with Crippen LogP contribution in [0.2, 0.25) is 0 Å². The van der Waals surface area contributed by atoms with Crippen LogP contribution in [0.25, 0.3) is 0 Å². The number of fused-ring (bicyclic) bond motifs is 2. The summed E-state index contributed by atoms with van der Waals surface area (Å²) in [4.78, 5) is 13.1. The molecule has 0 bridgehead atoms. The summed E-state index contributed by atoms with van der Waals surface area (Å²) in [5, 5.41) is 2.93. The quantitative estimate of drug-likeness (QED) is 0.335. The number of hydrogen-bond acceptors (Lipinski definition) is 6. The number of sulfonamides is 1. The average molecular weight is 543 g/mol. The van der Waals surface area contributed by atoms with Crippen molar-refractivity contribution in [2.45, 2.75) is 23.8 Å². The maximum atomic E-state index is 14.2. The van der Waals surface area contributed by atoms with Gasteiger partial charge in [0.1, 0.15) is 5.75 Å². The first-order valence-corrected chi connectivity index (χ1v) is 13.9. The van der Waals surface area contributed by atoms with Crippen molar-refractivity contribution in [1.82, 2.24) is 0 Å². The Morgan fingerprint density at radius 1 is 0.923 bits per heavy atom. The molecule has 8 nitrogen and oxygen atoms in total. The second kappa shape index (κ2) is 9.67. The smallest absolute Gasteiger partial charge is 0.264 e. The molecule has 0 unspecified atom stereocenters. The fraction of sp³-hybridized carbons (Fsp3) is 0.167. The number of amides is 1. The van der Waals surface area contributed by atoms with Crippen LogP contribution >= 0.6 is 0 Å². The van der Waals surface area contributed by atoms with Crippen molar-refractivity contribution in [3.63, 3.8) is 0 Å². The van der Waals surface area contributed by atoms with Gasteiger partial charge in [-0.2, -0.15) is 0 Å². The molecule has 0 fully saturated rings. The van der Waals surface area contributed by atoms with Crippen molar-refractivity contribution in [1.29, 1.82) is 0 Å². The molecule has 2 atom stereocenters. The molecule has 0 saturated carbocycles. The van der Waals surface area contributed by atoms with Gasteiger partial charge < -0.3 is 19.5 Å². The number of nitrogens with one attached hydrogen (secondary N) is 1. The molecule has 2 aliphatic rings. The lowest BCUT2D eigenvalue weighted by molar-refractivity contribution is 0.102. The van der Waals surface area contributed by atoms with E-state index in [1.165, 1.54) is 11.4 Å². The SMILES string of the molecule is COc1cc2c(cc1NC(=O)c1ccccc1)[C@H](C)[C@@H](c1ccc3c(c1)OCO3)N2S(=O)(=O)c1ccccc1. The first-order valence-electron chi connectivity index (χ1n) is 12.5. The van der Waals surface area contributed by atoms with E-state index in [9.17, 15) is 13.2 Å². The molecular weight excluding hydrogens is 516 g/mol. The summed E-state index contributed by atoms with van der Waals surface area (Å²) in [6.45, 7) is 2.09. The minimum absolute atomic E-state index is 0.118. The standard InChI is InChI=1S/C30H26N2O6S/c1-19-23-16-24(31-30(33)20-9-5-3-6-10-20)27(36-2)17-25(23)32(39(34,35)22-11-7-4-8-12-22)29(19)21-13-14-26-28(15-21)38-18-37-26/h3-17,19,29H,18H2,1-2H3,(H,31,33)/t19-,29-/m0/s1. The number of carbonyl (C=O) groups is 1. The summed E-state index contributed by atoms with van der Waals surface area (Å²) in [6, 6.07) is 25.6. The van der Waals surface area contributed by atoms with Gasteiger partial charge in [0, 0.05) is 17.5 Å². The van der Waals surface area contributed by atoms with E-state index in [0.717, 1.165) is 11.1 Å². The van der Waals surface area contributed by atoms with Crippen LogP contribution in [0.5, 0.6) is 17.2 Å². The second-order valence-corrected chi connectivity index (χ2v) is 11.2. The van der Waals surface area contributed by atoms with E-state index in [1.54, 1.807) is 72.8 Å². The summed E-state index contributed by atoms with van der Waals surface area (Å²) in [5.74, 6) is 0.982. The molecule has 0 saturated heterocycles. The van der Waals surface area contributed by atoms with Gasteiger partial charge in [0.15, 0.2) is 11.5 Å². The van der Waals surface area contributed by atoms with E-state index in [1.807, 2.05) is 25.1 Å². The monoisotopic (exact) mass is 542 g/mol. The van der Waals surface area contributed by atoms with Crippen LogP contribution in [0.1, 0.15) is 40.4 Å². The molecular formula is C30H26N2O6S. The number of hydrogen-bond donors (Lipinski definition) is 1. The Kier molecular flexibility index (Phi) is 6.15. The lowest BCUT2D eigenvalue weighted by atomic mass is 9.91. The topological polar surface area (TPSA) is 94.2 Å². The normalized spacial score (nSPS) is 17.5. The van der Waals surface area contributed by atoms with Crippen LogP contribution in [0.4, 0.5) is 11.4 Å². The second-order valence-electron chi connectivity index (χ2n) is 9.39. The van der Waals surface area contributed by atoms with Crippen LogP contribution in [0.15, 0.2) is 95.9 Å². The minimum Gasteiger partial charge on any atom is -0.494 e. The Hall–Kier alpha value is -4.50. The van der Waals surface area contributed by atoms with Crippen LogP contribution < -0.4 is 23.8 Å². The summed E-state index contributed by atoms with van der Waals surface area (Å²) in [5.41, 5.74) is 2.97. The van der Waals surface area contributed by atoms with Gasteiger partial charge in [-0.1, -0.05) is 49.4 Å². The van der Waals surface area contributed by atoms with Crippen LogP contribution in [0, 0.1) is 0 Å². The number of ether oxygens (including phenoxy) is 3. The van der Waals surface area contributed by atoms with Gasteiger partial charge >= 0.3 is 0 Å². The van der Waals surface area contributed by atoms with Crippen LogP contribution in [-0.4, -0.2) is 28.2 Å². The fourth-order valence-corrected chi connectivity index (χ4v) is 6.97. The molecule has 4 aromatic rings. The lowest BCUT2D eigenvalue weighted by Gasteiger charge is -2.29. The zero-order valence-corrected chi connectivity index (χ0v) is 22.1. The van der Waals surface area contributed by atoms with Gasteiger partial charge in [-0.05, 0) is 53.6 Å². The number of anilines is 2. The van der Waals surface area contributed by atoms with E-state index in [4.69, 9.17) is 14.2 Å². The Balaban J connectivity index is 1.49. The summed E-state index contributed by atoms with van der Waals surface area (Å²) in [7, 11) is -2.49. The van der Waals surface area contributed by atoms with E-state index in [2.05, 4.69) is 5.32 Å². The van der Waals surface area contributed by atoms with Crippen molar-refractivity contribution >= 4 is 27.3 Å². The first-order chi connectivity index (χ1) is 18.9. The maximum absolute atomic E-state index is 14.2. The number of carbonyl (C=O) groups excluding carboxylic acids is 1. The zero-order chi connectivity index (χ0) is 27.1. The summed E-state index contributed by atoms with van der Waals surface area (Å²) in [6.07, 6.45) is 0. The van der Waals surface area contributed by atoms with E-state index < -0.39 is 16.1 Å². The fourth-order valence-electron chi connectivity index (χ4n) is 5.22. The molecule has 0 aliphatic carbocycles. The predicted octanol–water partition coefficient (Wildman–Crippen LogP) is 5.73. The van der Waals surface area contributed by atoms with Crippen molar-refractivity contribution in [2.75, 3.05) is 23.5 Å². The Morgan fingerprint density at radius 2 is 1.62 bits per heavy atom. The van der Waals surface area contributed by atoms with Gasteiger partial charge in [0.05, 0.1) is 29.4 Å². The van der Waals surface area contributed by atoms with E-state index >= 15 is 0 Å². The van der Waals surface area contributed by atoms with Gasteiger partial charge in [0.2, 0.25) is 6.79 Å². The molecule has 6 rings (SSSR count). The van der Waals surface area contributed by atoms with Gasteiger partial charge in [0.25, 0.3) is 15.9 Å². The third-order valence-corrected chi connectivity index (χ3v) is 8.93. The van der Waals surface area contributed by atoms with Crippen LogP contribution in [-0.2, 0) is 10.0 Å². The maximum Gasteiger partial charge on any atom is 0.264 e. The van der Waals surface area contributed by atoms with Gasteiger partial charge in [-0.3, -0.25) is 9.10 Å². The first kappa shape index (κ1) is 24.8. The van der Waals surface area contributed by atoms with Gasteiger partial charge in [-0.15, -0.1) is 0 Å². The predicted molar refractivity (Wildman–Crippen MR) is 147 cm³/mol. The van der Waals surface area contributed by atoms with Crippen LogP contribution in [0.3, 0.4) is 0 Å². The van der Waals surface area contributed by atoms with Crippen molar-refractivity contribution in [2.24, 2.45) is 0 Å². The third kappa shape index (κ3) is 4.24. The van der Waals surface area contributed by atoms with E-state index in [-0.39, 0.29) is 23.5 Å². The highest BCUT2D eigenvalue weighted by molar-refractivity contribution is 7.92. The van der Waals surface area contributed by atoms with Crippen molar-refractivity contribution in [3.8, 4) is 17.2 Å². The highest BCUT2D eigenvalue weighted by Crippen LogP contribution is 2.54. The summed E-state index contributed by atoms with van der Waals surface area (Å²) >= 11 is 0. The molecule has 4 aromatic carbocycles. The highest BCUT2D eigenvalue weighted by Gasteiger charge is 2.45. The molecule has 39 heavy (non-hydrogen) atoms. The summed E-state index contributed by atoms with van der Waals surface area (Å²) < 4.78 is 46.5. The number of methoxy groups -OCH3 is 1. The average Bonchev–Trinajstić information content (AvgIpc) is 3.55.